The van der Waals surface area contributed by atoms with E-state index in [1.165, 1.54) is 5.56 Å². The summed E-state index contributed by atoms with van der Waals surface area (Å²) in [6, 6.07) is 13.8. The van der Waals surface area contributed by atoms with Crippen LogP contribution < -0.4 is 5.56 Å². The molecule has 3 aromatic rings. The van der Waals surface area contributed by atoms with E-state index >= 15 is 0 Å². The van der Waals surface area contributed by atoms with E-state index in [0.29, 0.717) is 23.1 Å². The monoisotopic (exact) mass is 352 g/mol. The summed E-state index contributed by atoms with van der Waals surface area (Å²) in [5.41, 5.74) is 3.39. The number of nitrogens with one attached hydrogen (secondary N) is 1. The molecule has 25 heavy (non-hydrogen) atoms. The lowest BCUT2D eigenvalue weighted by molar-refractivity contribution is 0.242. The third kappa shape index (κ3) is 3.48. The van der Waals surface area contributed by atoms with Crippen LogP contribution in [0.4, 0.5) is 0 Å². The Morgan fingerprint density at radius 2 is 2.00 bits per heavy atom. The Morgan fingerprint density at radius 1 is 1.16 bits per heavy atom. The van der Waals surface area contributed by atoms with Crippen LogP contribution in [0.1, 0.15) is 16.8 Å². The van der Waals surface area contributed by atoms with Crippen molar-refractivity contribution in [1.29, 1.82) is 0 Å². The molecule has 1 aliphatic heterocycles. The lowest BCUT2D eigenvalue weighted by Gasteiger charge is -2.27. The summed E-state index contributed by atoms with van der Waals surface area (Å²) in [4.78, 5) is 26.5. The molecule has 5 nitrogen and oxygen atoms in total. The van der Waals surface area contributed by atoms with Gasteiger partial charge in [-0.1, -0.05) is 41.9 Å². The second-order valence-electron chi connectivity index (χ2n) is 6.15. The Kier molecular flexibility index (Phi) is 4.34. The van der Waals surface area contributed by atoms with Gasteiger partial charge in [-0.05, 0) is 17.7 Å². The van der Waals surface area contributed by atoms with Crippen molar-refractivity contribution in [3.8, 4) is 11.5 Å². The van der Waals surface area contributed by atoms with Crippen molar-refractivity contribution in [2.75, 3.05) is 6.54 Å². The molecule has 1 N–H and O–H groups in total. The van der Waals surface area contributed by atoms with Gasteiger partial charge in [0.2, 0.25) is 0 Å². The third-order valence-corrected chi connectivity index (χ3v) is 4.59. The summed E-state index contributed by atoms with van der Waals surface area (Å²) < 4.78 is 0. The molecule has 126 valence electrons. The van der Waals surface area contributed by atoms with Crippen molar-refractivity contribution in [2.45, 2.75) is 19.5 Å². The molecule has 3 heterocycles. The fourth-order valence-corrected chi connectivity index (χ4v) is 3.21. The van der Waals surface area contributed by atoms with Crippen LogP contribution >= 0.6 is 11.6 Å². The van der Waals surface area contributed by atoms with Gasteiger partial charge in [0.05, 0.1) is 16.3 Å². The van der Waals surface area contributed by atoms with Gasteiger partial charge in [-0.25, -0.2) is 4.98 Å². The maximum absolute atomic E-state index is 12.5. The van der Waals surface area contributed by atoms with Crippen molar-refractivity contribution in [3.05, 3.63) is 80.9 Å². The zero-order valence-electron chi connectivity index (χ0n) is 13.6. The first-order valence-corrected chi connectivity index (χ1v) is 8.57. The molecule has 1 aliphatic rings. The SMILES string of the molecule is O=c1[nH]c(-c2ccc(Cl)cn2)nc2c1CN(Cc1ccccc1)CC2. The molecule has 4 rings (SSSR count). The van der Waals surface area contributed by atoms with Crippen LogP contribution in [-0.4, -0.2) is 26.4 Å². The molecule has 0 fully saturated rings. The number of pyridine rings is 1. The van der Waals surface area contributed by atoms with Crippen LogP contribution in [0.15, 0.2) is 53.5 Å². The van der Waals surface area contributed by atoms with E-state index in [9.17, 15) is 4.79 Å². The molecule has 0 spiro atoms. The Hall–Kier alpha value is -2.50. The van der Waals surface area contributed by atoms with Gasteiger partial charge in [0.25, 0.3) is 5.56 Å². The highest BCUT2D eigenvalue weighted by molar-refractivity contribution is 6.30. The highest BCUT2D eigenvalue weighted by atomic mass is 35.5. The van der Waals surface area contributed by atoms with Crippen LogP contribution in [-0.2, 0) is 19.5 Å². The number of aromatic nitrogens is 3. The first kappa shape index (κ1) is 16.0. The highest BCUT2D eigenvalue weighted by Gasteiger charge is 2.21. The van der Waals surface area contributed by atoms with Crippen molar-refractivity contribution < 1.29 is 0 Å². The zero-order valence-corrected chi connectivity index (χ0v) is 14.3. The van der Waals surface area contributed by atoms with E-state index in [2.05, 4.69) is 32.0 Å². The van der Waals surface area contributed by atoms with Crippen LogP contribution in [0.3, 0.4) is 0 Å². The summed E-state index contributed by atoms with van der Waals surface area (Å²) in [6.07, 6.45) is 2.31. The van der Waals surface area contributed by atoms with Gasteiger partial charge < -0.3 is 4.98 Å². The molecule has 0 aliphatic carbocycles. The van der Waals surface area contributed by atoms with Gasteiger partial charge in [0.1, 0.15) is 5.69 Å². The summed E-state index contributed by atoms with van der Waals surface area (Å²) in [5.74, 6) is 0.497. The molecule has 6 heteroatoms. The third-order valence-electron chi connectivity index (χ3n) is 4.37. The van der Waals surface area contributed by atoms with Gasteiger partial charge in [-0.3, -0.25) is 14.7 Å². The summed E-state index contributed by atoms with van der Waals surface area (Å²) in [6.45, 7) is 2.33. The topological polar surface area (TPSA) is 61.9 Å². The lowest BCUT2D eigenvalue weighted by Crippen LogP contribution is -2.35. The number of rotatable bonds is 3. The number of hydrogen-bond donors (Lipinski definition) is 1. The van der Waals surface area contributed by atoms with E-state index in [1.54, 1.807) is 18.3 Å². The number of halogens is 1. The molecule has 1 aromatic carbocycles. The molecular formula is C19H17ClN4O. The average molecular weight is 353 g/mol. The molecule has 0 unspecified atom stereocenters. The first-order valence-electron chi connectivity index (χ1n) is 8.19. The van der Waals surface area contributed by atoms with Crippen molar-refractivity contribution >= 4 is 11.6 Å². The normalized spacial score (nSPS) is 14.3. The van der Waals surface area contributed by atoms with E-state index < -0.39 is 0 Å². The number of fused-ring (bicyclic) bond motifs is 1. The number of nitrogens with zero attached hydrogens (tertiary/aromatic N) is 3. The Morgan fingerprint density at radius 3 is 2.76 bits per heavy atom. The predicted molar refractivity (Wildman–Crippen MR) is 97.4 cm³/mol. The van der Waals surface area contributed by atoms with Gasteiger partial charge in [-0.2, -0.15) is 0 Å². The van der Waals surface area contributed by atoms with E-state index in [1.807, 2.05) is 18.2 Å². The quantitative estimate of drug-likeness (QED) is 0.787. The maximum Gasteiger partial charge on any atom is 0.255 e. The Labute approximate surface area is 150 Å². The number of benzene rings is 1. The Bertz CT molecular complexity index is 938. The summed E-state index contributed by atoms with van der Waals surface area (Å²) >= 11 is 5.87. The van der Waals surface area contributed by atoms with Crippen molar-refractivity contribution in [2.24, 2.45) is 0 Å². The summed E-state index contributed by atoms with van der Waals surface area (Å²) in [5, 5.41) is 0.556. The average Bonchev–Trinajstić information content (AvgIpc) is 2.63. The molecule has 0 bridgehead atoms. The van der Waals surface area contributed by atoms with Gasteiger partial charge in [0.15, 0.2) is 5.82 Å². The minimum atomic E-state index is -0.0884. The molecule has 0 saturated heterocycles. The van der Waals surface area contributed by atoms with Crippen molar-refractivity contribution in [1.82, 2.24) is 19.9 Å². The summed E-state index contributed by atoms with van der Waals surface area (Å²) in [7, 11) is 0. The second-order valence-corrected chi connectivity index (χ2v) is 6.58. The van der Waals surface area contributed by atoms with Crippen LogP contribution in [0.2, 0.25) is 5.02 Å². The number of hydrogen-bond acceptors (Lipinski definition) is 4. The fraction of sp³-hybridized carbons (Fsp3) is 0.211. The zero-order chi connectivity index (χ0) is 17.2. The predicted octanol–water partition coefficient (Wildman–Crippen LogP) is 3.04. The highest BCUT2D eigenvalue weighted by Crippen LogP contribution is 2.19. The maximum atomic E-state index is 12.5. The fourth-order valence-electron chi connectivity index (χ4n) is 3.09. The van der Waals surface area contributed by atoms with Crippen molar-refractivity contribution in [3.63, 3.8) is 0 Å². The van der Waals surface area contributed by atoms with E-state index in [-0.39, 0.29) is 5.56 Å². The minimum absolute atomic E-state index is 0.0884. The molecule has 2 aromatic heterocycles. The second kappa shape index (κ2) is 6.78. The van der Waals surface area contributed by atoms with E-state index in [4.69, 9.17) is 11.6 Å². The number of H-pyrrole nitrogens is 1. The van der Waals surface area contributed by atoms with Gasteiger partial charge >= 0.3 is 0 Å². The van der Waals surface area contributed by atoms with E-state index in [0.717, 1.165) is 30.8 Å². The van der Waals surface area contributed by atoms with Crippen LogP contribution in [0, 0.1) is 0 Å². The lowest BCUT2D eigenvalue weighted by atomic mass is 10.1. The smallest absolute Gasteiger partial charge is 0.255 e. The first-order chi connectivity index (χ1) is 12.2. The standard InChI is InChI=1S/C19H17ClN4O/c20-14-6-7-17(21-10-14)18-22-16-8-9-24(12-15(16)19(25)23-18)11-13-4-2-1-3-5-13/h1-7,10H,8-9,11-12H2,(H,22,23,25). The van der Waals surface area contributed by atoms with Gasteiger partial charge in [0, 0.05) is 32.3 Å². The Balaban J connectivity index is 1.59. The molecule has 0 saturated carbocycles. The van der Waals surface area contributed by atoms with Gasteiger partial charge in [-0.15, -0.1) is 0 Å². The minimum Gasteiger partial charge on any atom is -0.305 e. The van der Waals surface area contributed by atoms with Crippen LogP contribution in [0.25, 0.3) is 11.5 Å². The molecule has 0 amide bonds. The molecular weight excluding hydrogens is 336 g/mol. The molecule has 0 radical (unpaired) electrons. The molecule has 0 atom stereocenters. The van der Waals surface area contributed by atoms with Crippen LogP contribution in [0.5, 0.6) is 0 Å². The number of aromatic amines is 1. The largest absolute Gasteiger partial charge is 0.305 e.